The predicted octanol–water partition coefficient (Wildman–Crippen LogP) is 3.65. The van der Waals surface area contributed by atoms with Gasteiger partial charge in [-0.15, -0.1) is 0 Å². The summed E-state index contributed by atoms with van der Waals surface area (Å²) < 4.78 is 47.0. The van der Waals surface area contributed by atoms with Crippen LogP contribution in [0.4, 0.5) is 19.0 Å². The molecule has 0 radical (unpaired) electrons. The average Bonchev–Trinajstić information content (AvgIpc) is 3.18. The van der Waals surface area contributed by atoms with Crippen LogP contribution >= 0.6 is 11.6 Å². The van der Waals surface area contributed by atoms with Gasteiger partial charge in [-0.1, -0.05) is 11.6 Å². The molecule has 0 bridgehead atoms. The number of aliphatic hydroxyl groups is 2. The zero-order chi connectivity index (χ0) is 22.8. The number of halogens is 4. The van der Waals surface area contributed by atoms with E-state index in [0.29, 0.717) is 6.07 Å². The molecule has 2 aromatic heterocycles. The Balaban J connectivity index is 1.84. The Morgan fingerprint density at radius 2 is 1.81 bits per heavy atom. The highest BCUT2D eigenvalue weighted by molar-refractivity contribution is 6.30. The summed E-state index contributed by atoms with van der Waals surface area (Å²) in [6.07, 6.45) is 0. The maximum Gasteiger partial charge on any atom is 0.326 e. The number of hydrogen-bond donors (Lipinski definition) is 4. The van der Waals surface area contributed by atoms with E-state index in [2.05, 4.69) is 25.5 Å². The van der Waals surface area contributed by atoms with E-state index in [9.17, 15) is 23.4 Å². The quantitative estimate of drug-likeness (QED) is 0.329. The Hall–Kier alpha value is -3.41. The summed E-state index contributed by atoms with van der Waals surface area (Å²) in [6.45, 7) is -0.902. The second-order valence-electron chi connectivity index (χ2n) is 6.66. The lowest BCUT2D eigenvalue weighted by molar-refractivity contribution is 0.203. The van der Waals surface area contributed by atoms with Crippen LogP contribution in [0.1, 0.15) is 0 Å². The molecule has 0 saturated carbocycles. The number of H-pyrrole nitrogens is 1. The number of fused-ring (bicyclic) bond motifs is 1. The number of nitrogens with zero attached hydrogens (tertiary/aromatic N) is 3. The van der Waals surface area contributed by atoms with E-state index in [1.54, 1.807) is 0 Å². The molecular formula is C20H15ClF3N5O3. The van der Waals surface area contributed by atoms with Crippen LogP contribution in [0.2, 0.25) is 5.02 Å². The van der Waals surface area contributed by atoms with Crippen molar-refractivity contribution >= 4 is 28.5 Å². The van der Waals surface area contributed by atoms with Crippen molar-refractivity contribution in [2.24, 2.45) is 0 Å². The summed E-state index contributed by atoms with van der Waals surface area (Å²) in [6, 6.07) is 5.55. The van der Waals surface area contributed by atoms with Crippen LogP contribution in [0, 0.1) is 17.5 Å². The van der Waals surface area contributed by atoms with Crippen molar-refractivity contribution in [1.29, 1.82) is 0 Å². The van der Waals surface area contributed by atoms with Gasteiger partial charge in [-0.2, -0.15) is 15.1 Å². The minimum atomic E-state index is -0.972. The molecule has 0 aliphatic rings. The molecule has 0 fully saturated rings. The molecule has 2 heterocycles. The summed E-state index contributed by atoms with van der Waals surface area (Å²) in [5.41, 5.74) is 0.319. The first-order valence-electron chi connectivity index (χ1n) is 9.22. The van der Waals surface area contributed by atoms with Gasteiger partial charge >= 0.3 is 6.01 Å². The first-order valence-corrected chi connectivity index (χ1v) is 9.60. The fourth-order valence-electron chi connectivity index (χ4n) is 2.94. The highest BCUT2D eigenvalue weighted by Crippen LogP contribution is 2.35. The van der Waals surface area contributed by atoms with E-state index >= 15 is 0 Å². The highest BCUT2D eigenvalue weighted by Gasteiger charge is 2.22. The third-order valence-corrected chi connectivity index (χ3v) is 4.70. The zero-order valence-corrected chi connectivity index (χ0v) is 16.9. The topological polar surface area (TPSA) is 116 Å². The minimum absolute atomic E-state index is 0.0266. The largest absolute Gasteiger partial charge is 0.421 e. The molecule has 0 aliphatic heterocycles. The van der Waals surface area contributed by atoms with E-state index in [4.69, 9.17) is 16.3 Å². The van der Waals surface area contributed by atoms with Crippen molar-refractivity contribution in [1.82, 2.24) is 20.2 Å². The van der Waals surface area contributed by atoms with Gasteiger partial charge in [0.15, 0.2) is 17.2 Å². The SMILES string of the molecule is OCC(CO)Nc1nc(Oc2ccc(F)cc2F)nc2[nH]nc(-c3ccc(Cl)cc3F)c12. The first kappa shape index (κ1) is 21.8. The van der Waals surface area contributed by atoms with E-state index < -0.39 is 36.7 Å². The molecule has 12 heteroatoms. The lowest BCUT2D eigenvalue weighted by Crippen LogP contribution is -2.28. The van der Waals surface area contributed by atoms with Gasteiger partial charge in [-0.05, 0) is 30.3 Å². The number of benzene rings is 2. The highest BCUT2D eigenvalue weighted by atomic mass is 35.5. The number of nitrogens with one attached hydrogen (secondary N) is 2. The molecule has 2 aromatic carbocycles. The van der Waals surface area contributed by atoms with Crippen LogP contribution in [-0.2, 0) is 0 Å². The fourth-order valence-corrected chi connectivity index (χ4v) is 3.09. The molecule has 0 spiro atoms. The monoisotopic (exact) mass is 465 g/mol. The van der Waals surface area contributed by atoms with Crippen molar-refractivity contribution in [2.75, 3.05) is 18.5 Å². The first-order chi connectivity index (χ1) is 15.4. The van der Waals surface area contributed by atoms with E-state index in [-0.39, 0.29) is 44.9 Å². The molecule has 0 atom stereocenters. The van der Waals surface area contributed by atoms with Crippen molar-refractivity contribution in [3.05, 3.63) is 58.9 Å². The van der Waals surface area contributed by atoms with Crippen LogP contribution in [0.5, 0.6) is 11.8 Å². The Bertz CT molecular complexity index is 1280. The number of anilines is 1. The van der Waals surface area contributed by atoms with Crippen LogP contribution in [-0.4, -0.2) is 49.6 Å². The van der Waals surface area contributed by atoms with Gasteiger partial charge in [-0.25, -0.2) is 13.2 Å². The second-order valence-corrected chi connectivity index (χ2v) is 7.09. The summed E-state index contributed by atoms with van der Waals surface area (Å²) in [4.78, 5) is 8.29. The van der Waals surface area contributed by atoms with Crippen LogP contribution in [0.25, 0.3) is 22.3 Å². The van der Waals surface area contributed by atoms with Gasteiger partial charge < -0.3 is 20.3 Å². The van der Waals surface area contributed by atoms with Gasteiger partial charge in [0, 0.05) is 16.7 Å². The number of rotatable bonds is 7. The smallest absolute Gasteiger partial charge is 0.326 e. The lowest BCUT2D eigenvalue weighted by atomic mass is 10.1. The van der Waals surface area contributed by atoms with Crippen molar-refractivity contribution < 1.29 is 28.1 Å². The number of aliphatic hydroxyl groups excluding tert-OH is 2. The standard InChI is InChI=1S/C20H15ClF3N5O3/c21-9-1-3-12(13(23)5-9)17-16-18(25-11(7-30)8-31)26-20(27-19(16)29-28-17)32-15-4-2-10(22)6-14(15)24/h1-6,11,30-31H,7-8H2,(H2,25,26,27,28,29). The molecule has 0 unspecified atom stereocenters. The molecule has 4 aromatic rings. The molecular weight excluding hydrogens is 451 g/mol. The van der Waals surface area contributed by atoms with E-state index in [1.165, 1.54) is 12.1 Å². The summed E-state index contributed by atoms with van der Waals surface area (Å²) >= 11 is 5.82. The minimum Gasteiger partial charge on any atom is -0.421 e. The van der Waals surface area contributed by atoms with E-state index in [1.807, 2.05) is 0 Å². The Kier molecular flexibility index (Phi) is 6.12. The molecule has 166 valence electrons. The van der Waals surface area contributed by atoms with Crippen LogP contribution in [0.15, 0.2) is 36.4 Å². The van der Waals surface area contributed by atoms with Gasteiger partial charge in [-0.3, -0.25) is 5.10 Å². The van der Waals surface area contributed by atoms with Gasteiger partial charge in [0.1, 0.15) is 23.1 Å². The summed E-state index contributed by atoms with van der Waals surface area (Å²) in [5.74, 6) is -2.71. The zero-order valence-electron chi connectivity index (χ0n) is 16.1. The Morgan fingerprint density at radius 3 is 2.50 bits per heavy atom. The van der Waals surface area contributed by atoms with Crippen molar-refractivity contribution in [2.45, 2.75) is 6.04 Å². The molecule has 4 rings (SSSR count). The summed E-state index contributed by atoms with van der Waals surface area (Å²) in [7, 11) is 0. The molecule has 8 nitrogen and oxygen atoms in total. The third-order valence-electron chi connectivity index (χ3n) is 4.46. The summed E-state index contributed by atoms with van der Waals surface area (Å²) in [5, 5.41) is 28.9. The number of aromatic amines is 1. The third kappa shape index (κ3) is 4.31. The lowest BCUT2D eigenvalue weighted by Gasteiger charge is -2.16. The number of aromatic nitrogens is 4. The normalized spacial score (nSPS) is 11.3. The molecule has 0 saturated heterocycles. The van der Waals surface area contributed by atoms with Crippen LogP contribution < -0.4 is 10.1 Å². The van der Waals surface area contributed by atoms with Gasteiger partial charge in [0.2, 0.25) is 0 Å². The second kappa shape index (κ2) is 8.99. The molecule has 32 heavy (non-hydrogen) atoms. The number of hydrogen-bond acceptors (Lipinski definition) is 7. The van der Waals surface area contributed by atoms with Crippen molar-refractivity contribution in [3.8, 4) is 23.0 Å². The fraction of sp³-hybridized carbons (Fsp3) is 0.150. The predicted molar refractivity (Wildman–Crippen MR) is 110 cm³/mol. The molecule has 4 N–H and O–H groups in total. The van der Waals surface area contributed by atoms with Gasteiger partial charge in [0.25, 0.3) is 0 Å². The van der Waals surface area contributed by atoms with Crippen molar-refractivity contribution in [3.63, 3.8) is 0 Å². The molecule has 0 aliphatic carbocycles. The maximum absolute atomic E-state index is 14.5. The Morgan fingerprint density at radius 1 is 1.03 bits per heavy atom. The average molecular weight is 466 g/mol. The maximum atomic E-state index is 14.5. The van der Waals surface area contributed by atoms with Gasteiger partial charge in [0.05, 0.1) is 24.6 Å². The Labute approximate surface area is 183 Å². The van der Waals surface area contributed by atoms with Crippen LogP contribution in [0.3, 0.4) is 0 Å². The molecule has 0 amide bonds. The van der Waals surface area contributed by atoms with E-state index in [0.717, 1.165) is 18.2 Å². The number of ether oxygens (including phenoxy) is 1.